The second kappa shape index (κ2) is 8.74. The standard InChI is InChI=1S/C12H24N4O2/c13-11(15-18)6-2-3-7-14-10-12(17)16-8-4-1-5-9-16/h14,18H,1-10H2,(H2,13,15). The Kier molecular flexibility index (Phi) is 7.17. The van der Waals surface area contributed by atoms with Crippen molar-refractivity contribution in [2.75, 3.05) is 26.2 Å². The summed E-state index contributed by atoms with van der Waals surface area (Å²) in [6, 6.07) is 0. The van der Waals surface area contributed by atoms with Crippen LogP contribution in [0.4, 0.5) is 0 Å². The summed E-state index contributed by atoms with van der Waals surface area (Å²) in [5.41, 5.74) is 5.35. The number of nitrogens with zero attached hydrogens (tertiary/aromatic N) is 2. The number of unbranched alkanes of at least 4 members (excludes halogenated alkanes) is 1. The number of piperidine rings is 1. The summed E-state index contributed by atoms with van der Waals surface area (Å²) in [5.74, 6) is 0.463. The van der Waals surface area contributed by atoms with Crippen LogP contribution in [0.1, 0.15) is 38.5 Å². The van der Waals surface area contributed by atoms with E-state index in [1.165, 1.54) is 6.42 Å². The molecule has 0 bridgehead atoms. The van der Waals surface area contributed by atoms with E-state index < -0.39 is 0 Å². The molecule has 0 aliphatic carbocycles. The molecule has 0 radical (unpaired) electrons. The lowest BCUT2D eigenvalue weighted by molar-refractivity contribution is -0.131. The highest BCUT2D eigenvalue weighted by Crippen LogP contribution is 2.08. The van der Waals surface area contributed by atoms with Crippen LogP contribution >= 0.6 is 0 Å². The number of carbonyl (C=O) groups excluding carboxylic acids is 1. The van der Waals surface area contributed by atoms with Gasteiger partial charge in [0.05, 0.1) is 6.54 Å². The lowest BCUT2D eigenvalue weighted by atomic mass is 10.1. The maximum Gasteiger partial charge on any atom is 0.236 e. The van der Waals surface area contributed by atoms with E-state index in [1.54, 1.807) is 0 Å². The first kappa shape index (κ1) is 14.8. The number of amidine groups is 1. The van der Waals surface area contributed by atoms with Crippen LogP contribution in [0.5, 0.6) is 0 Å². The zero-order valence-corrected chi connectivity index (χ0v) is 10.9. The minimum absolute atomic E-state index is 0.200. The van der Waals surface area contributed by atoms with Gasteiger partial charge in [0.1, 0.15) is 5.84 Å². The summed E-state index contributed by atoms with van der Waals surface area (Å²) in [4.78, 5) is 13.7. The lowest BCUT2D eigenvalue weighted by Gasteiger charge is -2.26. The second-order valence-corrected chi connectivity index (χ2v) is 4.67. The van der Waals surface area contributed by atoms with Crippen LogP contribution in [0.15, 0.2) is 5.16 Å². The van der Waals surface area contributed by atoms with Crippen molar-refractivity contribution in [1.82, 2.24) is 10.2 Å². The molecule has 1 heterocycles. The minimum atomic E-state index is 0.200. The number of amides is 1. The highest BCUT2D eigenvalue weighted by Gasteiger charge is 2.15. The smallest absolute Gasteiger partial charge is 0.236 e. The Morgan fingerprint density at radius 3 is 2.67 bits per heavy atom. The van der Waals surface area contributed by atoms with Crippen LogP contribution in [0.3, 0.4) is 0 Å². The predicted molar refractivity (Wildman–Crippen MR) is 70.6 cm³/mol. The first-order valence-corrected chi connectivity index (χ1v) is 6.69. The van der Waals surface area contributed by atoms with E-state index in [9.17, 15) is 4.79 Å². The Morgan fingerprint density at radius 2 is 2.00 bits per heavy atom. The average Bonchev–Trinajstić information content (AvgIpc) is 2.43. The maximum atomic E-state index is 11.8. The molecule has 0 aromatic heterocycles. The number of hydrogen-bond acceptors (Lipinski definition) is 4. The monoisotopic (exact) mass is 256 g/mol. The molecule has 1 amide bonds. The SMILES string of the molecule is NC(CCCCNCC(=O)N1CCCCC1)=NO. The molecule has 0 spiro atoms. The number of nitrogens with one attached hydrogen (secondary N) is 1. The van der Waals surface area contributed by atoms with Gasteiger partial charge >= 0.3 is 0 Å². The quantitative estimate of drug-likeness (QED) is 0.203. The van der Waals surface area contributed by atoms with Gasteiger partial charge in [-0.05, 0) is 38.6 Å². The van der Waals surface area contributed by atoms with Crippen molar-refractivity contribution in [3.8, 4) is 0 Å². The number of likely N-dealkylation sites (tertiary alicyclic amines) is 1. The van der Waals surface area contributed by atoms with E-state index in [1.807, 2.05) is 4.90 Å². The molecule has 6 heteroatoms. The van der Waals surface area contributed by atoms with Gasteiger partial charge < -0.3 is 21.2 Å². The van der Waals surface area contributed by atoms with Gasteiger partial charge in [0.2, 0.25) is 5.91 Å². The van der Waals surface area contributed by atoms with E-state index in [-0.39, 0.29) is 11.7 Å². The van der Waals surface area contributed by atoms with Crippen LogP contribution in [0.2, 0.25) is 0 Å². The Morgan fingerprint density at radius 1 is 1.28 bits per heavy atom. The molecule has 104 valence electrons. The number of nitrogens with two attached hydrogens (primary N) is 1. The van der Waals surface area contributed by atoms with Gasteiger partial charge in [-0.15, -0.1) is 0 Å². The Balaban J connectivity index is 1.98. The van der Waals surface area contributed by atoms with Crippen molar-refractivity contribution in [2.24, 2.45) is 10.9 Å². The van der Waals surface area contributed by atoms with Crippen molar-refractivity contribution in [3.05, 3.63) is 0 Å². The fraction of sp³-hybridized carbons (Fsp3) is 0.833. The van der Waals surface area contributed by atoms with E-state index in [0.717, 1.165) is 45.3 Å². The van der Waals surface area contributed by atoms with Crippen LogP contribution in [0, 0.1) is 0 Å². The van der Waals surface area contributed by atoms with Crippen LogP contribution < -0.4 is 11.1 Å². The van der Waals surface area contributed by atoms with Crippen LogP contribution in [-0.2, 0) is 4.79 Å². The molecule has 0 aromatic carbocycles. The molecule has 1 rings (SSSR count). The minimum Gasteiger partial charge on any atom is -0.409 e. The molecule has 0 aromatic rings. The molecule has 0 unspecified atom stereocenters. The van der Waals surface area contributed by atoms with Gasteiger partial charge in [-0.3, -0.25) is 4.79 Å². The maximum absolute atomic E-state index is 11.8. The second-order valence-electron chi connectivity index (χ2n) is 4.67. The molecule has 0 atom stereocenters. The van der Waals surface area contributed by atoms with E-state index in [4.69, 9.17) is 10.9 Å². The molecular formula is C12H24N4O2. The summed E-state index contributed by atoms with van der Waals surface area (Å²) >= 11 is 0. The van der Waals surface area contributed by atoms with Crippen LogP contribution in [-0.4, -0.2) is 48.0 Å². The molecule has 18 heavy (non-hydrogen) atoms. The third-order valence-corrected chi connectivity index (χ3v) is 3.15. The first-order valence-electron chi connectivity index (χ1n) is 6.69. The molecule has 4 N–H and O–H groups in total. The van der Waals surface area contributed by atoms with Gasteiger partial charge in [0.15, 0.2) is 0 Å². The molecule has 1 fully saturated rings. The van der Waals surface area contributed by atoms with E-state index >= 15 is 0 Å². The van der Waals surface area contributed by atoms with Gasteiger partial charge in [-0.1, -0.05) is 5.16 Å². The number of hydrogen-bond donors (Lipinski definition) is 3. The molecule has 1 aliphatic rings. The lowest BCUT2D eigenvalue weighted by Crippen LogP contribution is -2.41. The predicted octanol–water partition coefficient (Wildman–Crippen LogP) is 0.505. The van der Waals surface area contributed by atoms with E-state index in [0.29, 0.717) is 13.0 Å². The summed E-state index contributed by atoms with van der Waals surface area (Å²) < 4.78 is 0. The topological polar surface area (TPSA) is 91.0 Å². The number of rotatable bonds is 7. The largest absolute Gasteiger partial charge is 0.409 e. The zero-order chi connectivity index (χ0) is 13.2. The molecule has 6 nitrogen and oxygen atoms in total. The molecule has 1 saturated heterocycles. The van der Waals surface area contributed by atoms with Crippen molar-refractivity contribution in [2.45, 2.75) is 38.5 Å². The first-order chi connectivity index (χ1) is 8.74. The normalized spacial score (nSPS) is 16.9. The number of oxime groups is 1. The molecule has 0 saturated carbocycles. The highest BCUT2D eigenvalue weighted by molar-refractivity contribution is 5.79. The fourth-order valence-electron chi connectivity index (χ4n) is 2.06. The summed E-state index contributed by atoms with van der Waals surface area (Å²) in [5, 5.41) is 14.4. The van der Waals surface area contributed by atoms with Gasteiger partial charge in [-0.2, -0.15) is 0 Å². The van der Waals surface area contributed by atoms with Crippen molar-refractivity contribution >= 4 is 11.7 Å². The third kappa shape index (κ3) is 5.86. The summed E-state index contributed by atoms with van der Waals surface area (Å²) in [6.07, 6.45) is 5.88. The highest BCUT2D eigenvalue weighted by atomic mass is 16.4. The third-order valence-electron chi connectivity index (χ3n) is 3.15. The Bertz CT molecular complexity index is 275. The molecular weight excluding hydrogens is 232 g/mol. The Hall–Kier alpha value is -1.30. The van der Waals surface area contributed by atoms with E-state index in [2.05, 4.69) is 10.5 Å². The van der Waals surface area contributed by atoms with Crippen LogP contribution in [0.25, 0.3) is 0 Å². The van der Waals surface area contributed by atoms with Gasteiger partial charge in [0.25, 0.3) is 0 Å². The number of carbonyl (C=O) groups is 1. The summed E-state index contributed by atoms with van der Waals surface area (Å²) in [6.45, 7) is 3.02. The fourth-order valence-corrected chi connectivity index (χ4v) is 2.06. The van der Waals surface area contributed by atoms with Gasteiger partial charge in [-0.25, -0.2) is 0 Å². The zero-order valence-electron chi connectivity index (χ0n) is 10.9. The van der Waals surface area contributed by atoms with Crippen molar-refractivity contribution in [1.29, 1.82) is 0 Å². The van der Waals surface area contributed by atoms with Crippen molar-refractivity contribution < 1.29 is 10.0 Å². The van der Waals surface area contributed by atoms with Crippen molar-refractivity contribution in [3.63, 3.8) is 0 Å². The summed E-state index contributed by atoms with van der Waals surface area (Å²) in [7, 11) is 0. The Labute approximate surface area is 108 Å². The molecule has 1 aliphatic heterocycles. The van der Waals surface area contributed by atoms with Gasteiger partial charge in [0, 0.05) is 19.5 Å². The average molecular weight is 256 g/mol.